The summed E-state index contributed by atoms with van der Waals surface area (Å²) >= 11 is -1.60. The fourth-order valence-electron chi connectivity index (χ4n) is 4.60. The Balaban J connectivity index is 2.52. The Morgan fingerprint density at radius 1 is 1.05 bits per heavy atom. The van der Waals surface area contributed by atoms with Crippen molar-refractivity contribution in [2.45, 2.75) is 79.2 Å². The molecule has 0 saturated heterocycles. The van der Waals surface area contributed by atoms with Crippen molar-refractivity contribution in [1.29, 1.82) is 0 Å². The number of rotatable bonds is 4. The summed E-state index contributed by atoms with van der Waals surface area (Å²) in [5.41, 5.74) is 7.39. The van der Waals surface area contributed by atoms with Crippen molar-refractivity contribution in [3.05, 3.63) is 22.3 Å². The molecule has 19 heavy (non-hydrogen) atoms. The van der Waals surface area contributed by atoms with Crippen LogP contribution in [0.4, 0.5) is 0 Å². The summed E-state index contributed by atoms with van der Waals surface area (Å²) in [5, 5.41) is 7.87. The molecule has 0 bridgehead atoms. The molecule has 2 aliphatic carbocycles. The first-order chi connectivity index (χ1) is 8.95. The van der Waals surface area contributed by atoms with Gasteiger partial charge in [-0.1, -0.05) is 0 Å². The van der Waals surface area contributed by atoms with Gasteiger partial charge in [0.05, 0.1) is 0 Å². The molecule has 0 radical (unpaired) electrons. The average Bonchev–Trinajstić information content (AvgIpc) is 2.69. The average molecular weight is 296 g/mol. The maximum atomic E-state index is 2.62. The van der Waals surface area contributed by atoms with Crippen molar-refractivity contribution >= 4 is 0 Å². The van der Waals surface area contributed by atoms with Gasteiger partial charge in [-0.15, -0.1) is 0 Å². The number of hydrogen-bond donors (Lipinski definition) is 0. The maximum absolute atomic E-state index is 2.62. The van der Waals surface area contributed by atoms with E-state index in [-0.39, 0.29) is 0 Å². The fourth-order valence-corrected chi connectivity index (χ4v) is 8.18. The fraction of sp³-hybridized carbons (Fsp3) is 0.778. The van der Waals surface area contributed by atoms with Gasteiger partial charge in [0.2, 0.25) is 0 Å². The predicted octanol–water partition coefficient (Wildman–Crippen LogP) is 6.71. The van der Waals surface area contributed by atoms with E-state index in [2.05, 4.69) is 36.5 Å². The summed E-state index contributed by atoms with van der Waals surface area (Å²) in [6.45, 7) is 7.15. The molecular weight excluding hydrogens is 264 g/mol. The molecule has 2 aliphatic rings. The van der Waals surface area contributed by atoms with E-state index in [0.29, 0.717) is 0 Å². The molecule has 2 unspecified atom stereocenters. The Morgan fingerprint density at radius 3 is 2.21 bits per heavy atom. The molecule has 1 heteroatoms. The summed E-state index contributed by atoms with van der Waals surface area (Å²) in [6.07, 6.45) is 8.21. The molecule has 0 nitrogen and oxygen atoms in total. The van der Waals surface area contributed by atoms with Crippen molar-refractivity contribution in [3.63, 3.8) is 0 Å². The van der Waals surface area contributed by atoms with Crippen LogP contribution in [0.1, 0.15) is 59.3 Å². The van der Waals surface area contributed by atoms with Crippen molar-refractivity contribution < 1.29 is 16.6 Å². The normalized spacial score (nSPS) is 28.1. The van der Waals surface area contributed by atoms with Crippen LogP contribution in [0.2, 0.25) is 19.9 Å². The molecule has 0 aromatic carbocycles. The Morgan fingerprint density at radius 2 is 1.74 bits per heavy atom. The van der Waals surface area contributed by atoms with Gasteiger partial charge in [0.15, 0.2) is 0 Å². The minimum atomic E-state index is -1.60. The van der Waals surface area contributed by atoms with Crippen LogP contribution >= 0.6 is 0 Å². The van der Waals surface area contributed by atoms with Gasteiger partial charge in [0.25, 0.3) is 0 Å². The number of allylic oxidation sites excluding steroid dienone is 4. The Kier molecular flexibility index (Phi) is 4.84. The quantitative estimate of drug-likeness (QED) is 0.506. The van der Waals surface area contributed by atoms with Crippen LogP contribution in [0, 0.1) is 5.92 Å². The third-order valence-electron chi connectivity index (χ3n) is 5.38. The third-order valence-corrected chi connectivity index (χ3v) is 9.54. The van der Waals surface area contributed by atoms with Crippen LogP contribution in [0.3, 0.4) is 0 Å². The summed E-state index contributed by atoms with van der Waals surface area (Å²) in [5.74, 6) is 0.822. The summed E-state index contributed by atoms with van der Waals surface area (Å²) < 4.78 is 0.983. The van der Waals surface area contributed by atoms with E-state index in [1.165, 1.54) is 38.5 Å². The molecule has 0 spiro atoms. The van der Waals surface area contributed by atoms with Gasteiger partial charge in [-0.25, -0.2) is 0 Å². The van der Waals surface area contributed by atoms with E-state index in [1.807, 2.05) is 16.7 Å². The summed E-state index contributed by atoms with van der Waals surface area (Å²) in [7, 11) is 0. The second kappa shape index (κ2) is 5.90. The molecule has 2 rings (SSSR count). The Labute approximate surface area is 124 Å². The van der Waals surface area contributed by atoms with Crippen LogP contribution in [0.25, 0.3) is 0 Å². The zero-order valence-corrected chi connectivity index (χ0v) is 15.5. The Bertz CT molecular complexity index is 406. The van der Waals surface area contributed by atoms with E-state index in [4.69, 9.17) is 0 Å². The van der Waals surface area contributed by atoms with Crippen molar-refractivity contribution in [1.82, 2.24) is 0 Å². The topological polar surface area (TPSA) is 0 Å². The Hall–Kier alpha value is 0.194. The third kappa shape index (κ3) is 2.68. The van der Waals surface area contributed by atoms with Crippen LogP contribution in [-0.4, -0.2) is 0 Å². The van der Waals surface area contributed by atoms with Gasteiger partial charge in [0, 0.05) is 0 Å². The van der Waals surface area contributed by atoms with Gasteiger partial charge in [0.1, 0.15) is 0 Å². The molecule has 0 aromatic rings. The first kappa shape index (κ1) is 15.6. The monoisotopic (exact) mass is 296 g/mol. The van der Waals surface area contributed by atoms with Crippen molar-refractivity contribution in [3.8, 4) is 0 Å². The molecule has 0 aromatic heterocycles. The molecular formula is C18H32Ti. The van der Waals surface area contributed by atoms with Crippen LogP contribution in [0.5, 0.6) is 0 Å². The van der Waals surface area contributed by atoms with Crippen LogP contribution in [-0.2, 0) is 16.6 Å². The van der Waals surface area contributed by atoms with E-state index < -0.39 is 16.6 Å². The molecule has 0 aliphatic heterocycles. The zero-order chi connectivity index (χ0) is 14.2. The van der Waals surface area contributed by atoms with Gasteiger partial charge < -0.3 is 0 Å². The molecule has 0 amide bonds. The first-order valence-corrected chi connectivity index (χ1v) is 14.0. The van der Waals surface area contributed by atoms with Crippen LogP contribution in [0.15, 0.2) is 22.3 Å². The molecule has 0 saturated carbocycles. The van der Waals surface area contributed by atoms with E-state index in [0.717, 1.165) is 10.1 Å². The molecule has 108 valence electrons. The zero-order valence-electron chi connectivity index (χ0n) is 13.9. The van der Waals surface area contributed by atoms with Crippen molar-refractivity contribution in [2.75, 3.05) is 0 Å². The number of hydrogen-bond acceptors (Lipinski definition) is 0. The van der Waals surface area contributed by atoms with Crippen LogP contribution < -0.4 is 0 Å². The second-order valence-electron chi connectivity index (χ2n) is 7.42. The van der Waals surface area contributed by atoms with Gasteiger partial charge in [-0.2, -0.15) is 0 Å². The van der Waals surface area contributed by atoms with E-state index in [9.17, 15) is 0 Å². The standard InChI is InChI=1S/C15H23.3CH3.Ti/c1-4-11-12(5-2)14-9-7-8-10-15(14)13(11)6-3;;;;/h9,13H,4-8,10H2,1-3H3;3*1H3;. The molecule has 0 heterocycles. The van der Waals surface area contributed by atoms with E-state index in [1.54, 1.807) is 5.57 Å². The van der Waals surface area contributed by atoms with Gasteiger partial charge in [-0.05, 0) is 0 Å². The molecule has 0 N–H and O–H groups in total. The summed E-state index contributed by atoms with van der Waals surface area (Å²) in [4.78, 5) is 0. The molecule has 0 fully saturated rings. The van der Waals surface area contributed by atoms with Gasteiger partial charge >= 0.3 is 124 Å². The summed E-state index contributed by atoms with van der Waals surface area (Å²) in [6, 6.07) is 0. The van der Waals surface area contributed by atoms with Crippen molar-refractivity contribution in [2.24, 2.45) is 5.92 Å². The van der Waals surface area contributed by atoms with E-state index >= 15 is 0 Å². The molecule has 2 atom stereocenters. The van der Waals surface area contributed by atoms with Gasteiger partial charge in [-0.3, -0.25) is 0 Å². The minimum absolute atomic E-state index is 0.822. The first-order valence-electron chi connectivity index (χ1n) is 8.40. The second-order valence-corrected chi connectivity index (χ2v) is 15.9. The SMILES string of the molecule is CCC1=C(CC)C(CC)C2=C1[CH]([Ti]([CH3])([CH3])[CH3])CCC2. The predicted molar refractivity (Wildman–Crippen MR) is 83.6 cm³/mol.